The van der Waals surface area contributed by atoms with Crippen LogP contribution >= 0.6 is 0 Å². The lowest BCUT2D eigenvalue weighted by atomic mass is 9.78. The van der Waals surface area contributed by atoms with Crippen molar-refractivity contribution in [1.82, 2.24) is 0 Å². The Morgan fingerprint density at radius 3 is 1.00 bits per heavy atom. The summed E-state index contributed by atoms with van der Waals surface area (Å²) < 4.78 is 130. The fraction of sp³-hybridized carbons (Fsp3) is 0.538. The zero-order valence-corrected chi connectivity index (χ0v) is 24.1. The van der Waals surface area contributed by atoms with Crippen LogP contribution in [0.4, 0.5) is 35.1 Å². The minimum absolute atomic E-state index is 0.0307. The van der Waals surface area contributed by atoms with Crippen molar-refractivity contribution < 1.29 is 63.2 Å². The smallest absolute Gasteiger partial charge is 0.406 e. The van der Waals surface area contributed by atoms with E-state index in [1.54, 1.807) is 55.4 Å². The predicted molar refractivity (Wildman–Crippen MR) is 138 cm³/mol. The average molecular weight is 612 g/mol. The molecule has 2 saturated heterocycles. The molecule has 232 valence electrons. The highest BCUT2D eigenvalue weighted by Crippen LogP contribution is 2.38. The van der Waals surface area contributed by atoms with Crippen LogP contribution in [0.25, 0.3) is 0 Å². The second-order valence-electron chi connectivity index (χ2n) is 11.6. The normalized spacial score (nSPS) is 20.7. The Balaban J connectivity index is 0.000000230. The van der Waals surface area contributed by atoms with Gasteiger partial charge in [0.2, 0.25) is 0 Å². The van der Waals surface area contributed by atoms with E-state index in [1.165, 1.54) is 12.1 Å². The number of hydrogen-bond donors (Lipinski definition) is 0. The molecule has 0 saturated carbocycles. The molecule has 2 fully saturated rings. The highest BCUT2D eigenvalue weighted by atomic mass is 19.4. The fourth-order valence-electron chi connectivity index (χ4n) is 3.73. The van der Waals surface area contributed by atoms with Crippen molar-refractivity contribution in [3.63, 3.8) is 0 Å². The Kier molecular flexibility index (Phi) is 9.04. The van der Waals surface area contributed by atoms with Crippen LogP contribution in [-0.4, -0.2) is 49.4 Å². The quantitative estimate of drug-likeness (QED) is 0.310. The van der Waals surface area contributed by atoms with Gasteiger partial charge in [0.25, 0.3) is 0 Å². The van der Waals surface area contributed by atoms with Crippen LogP contribution in [0.1, 0.15) is 55.4 Å². The summed E-state index contributed by atoms with van der Waals surface area (Å²) in [4.78, 5) is 0. The van der Waals surface area contributed by atoms with Crippen molar-refractivity contribution in [2.45, 2.75) is 90.5 Å². The lowest BCUT2D eigenvalue weighted by Gasteiger charge is -2.32. The van der Waals surface area contributed by atoms with E-state index in [-0.39, 0.29) is 10.9 Å². The van der Waals surface area contributed by atoms with Gasteiger partial charge in [-0.25, -0.2) is 8.78 Å². The molecule has 2 aromatic carbocycles. The zero-order chi connectivity index (χ0) is 32.1. The van der Waals surface area contributed by atoms with Crippen LogP contribution in [-0.2, 0) is 18.6 Å². The number of rotatable bonds is 4. The first-order valence-corrected chi connectivity index (χ1v) is 12.6. The second kappa shape index (κ2) is 11.2. The maximum atomic E-state index is 14.0. The third-order valence-electron chi connectivity index (χ3n) is 7.43. The molecule has 2 heterocycles. The van der Waals surface area contributed by atoms with Crippen molar-refractivity contribution in [2.24, 2.45) is 0 Å². The van der Waals surface area contributed by atoms with Gasteiger partial charge < -0.3 is 28.1 Å². The molecular weight excluding hydrogens is 582 g/mol. The second-order valence-corrected chi connectivity index (χ2v) is 11.6. The summed E-state index contributed by atoms with van der Waals surface area (Å²) in [6.07, 6.45) is -9.73. The van der Waals surface area contributed by atoms with Crippen molar-refractivity contribution in [2.75, 3.05) is 0 Å². The molecule has 0 radical (unpaired) electrons. The molecule has 0 aliphatic carbocycles. The number of ether oxygens (including phenoxy) is 2. The molecule has 0 aromatic heterocycles. The van der Waals surface area contributed by atoms with E-state index in [0.29, 0.717) is 12.1 Å². The molecular formula is C26H30B2F8O6. The summed E-state index contributed by atoms with van der Waals surface area (Å²) in [6.45, 7) is 14.4. The maximum Gasteiger partial charge on any atom is 0.573 e. The molecule has 0 bridgehead atoms. The van der Waals surface area contributed by atoms with Gasteiger partial charge in [0.1, 0.15) is 23.1 Å². The minimum atomic E-state index is -4.86. The molecule has 0 unspecified atom stereocenters. The molecule has 2 aliphatic rings. The van der Waals surface area contributed by atoms with Crippen molar-refractivity contribution in [1.29, 1.82) is 0 Å². The fourth-order valence-corrected chi connectivity index (χ4v) is 3.73. The molecule has 0 atom stereocenters. The van der Waals surface area contributed by atoms with Gasteiger partial charge in [-0.1, -0.05) is 12.1 Å². The number of benzene rings is 2. The van der Waals surface area contributed by atoms with E-state index >= 15 is 0 Å². The Bertz CT molecular complexity index is 1150. The first-order chi connectivity index (χ1) is 18.8. The molecule has 0 spiro atoms. The van der Waals surface area contributed by atoms with Crippen molar-refractivity contribution in [3.05, 3.63) is 48.0 Å². The average Bonchev–Trinajstić information content (AvgIpc) is 3.11. The summed E-state index contributed by atoms with van der Waals surface area (Å²) in [6, 6.07) is 5.70. The van der Waals surface area contributed by atoms with Crippen LogP contribution < -0.4 is 20.4 Å². The highest BCUT2D eigenvalue weighted by molar-refractivity contribution is 6.62. The largest absolute Gasteiger partial charge is 0.573 e. The number of halogens is 8. The van der Waals surface area contributed by atoms with Crippen LogP contribution in [0.5, 0.6) is 11.5 Å². The van der Waals surface area contributed by atoms with Gasteiger partial charge in [-0.05, 0) is 67.5 Å². The third kappa shape index (κ3) is 7.88. The topological polar surface area (TPSA) is 55.4 Å². The molecule has 0 amide bonds. The Morgan fingerprint density at radius 2 is 0.786 bits per heavy atom. The van der Waals surface area contributed by atoms with E-state index < -0.39 is 72.5 Å². The monoisotopic (exact) mass is 612 g/mol. The van der Waals surface area contributed by atoms with Crippen molar-refractivity contribution in [3.8, 4) is 11.5 Å². The predicted octanol–water partition coefficient (Wildman–Crippen LogP) is 6.05. The SMILES string of the molecule is CC1(C)OB(c2ccc(OC(F)(F)F)cc2F)OC1(C)C.CC1(C)OB(c2ccc(OC(F)(F)F)cc2F)OC1(C)C. The minimum Gasteiger partial charge on any atom is -0.406 e. The van der Waals surface area contributed by atoms with Gasteiger partial charge in [-0.2, -0.15) is 0 Å². The highest BCUT2D eigenvalue weighted by Gasteiger charge is 2.53. The van der Waals surface area contributed by atoms with E-state index in [4.69, 9.17) is 18.6 Å². The van der Waals surface area contributed by atoms with Crippen LogP contribution in [0.2, 0.25) is 0 Å². The lowest BCUT2D eigenvalue weighted by molar-refractivity contribution is -0.275. The lowest BCUT2D eigenvalue weighted by Crippen LogP contribution is -2.41. The zero-order valence-electron chi connectivity index (χ0n) is 24.1. The van der Waals surface area contributed by atoms with Gasteiger partial charge in [-0.15, -0.1) is 26.3 Å². The Hall–Kier alpha value is -2.55. The number of hydrogen-bond acceptors (Lipinski definition) is 6. The van der Waals surface area contributed by atoms with Gasteiger partial charge in [0.15, 0.2) is 0 Å². The molecule has 2 aromatic rings. The van der Waals surface area contributed by atoms with Crippen molar-refractivity contribution >= 4 is 25.2 Å². The van der Waals surface area contributed by atoms with E-state index in [2.05, 4.69) is 9.47 Å². The summed E-state index contributed by atoms with van der Waals surface area (Å²) in [5.74, 6) is -3.01. The molecule has 0 N–H and O–H groups in total. The summed E-state index contributed by atoms with van der Waals surface area (Å²) in [5.41, 5.74) is -2.58. The molecule has 4 rings (SSSR count). The van der Waals surface area contributed by atoms with Gasteiger partial charge >= 0.3 is 27.0 Å². The summed E-state index contributed by atoms with van der Waals surface area (Å²) in [5, 5.41) is 0. The van der Waals surface area contributed by atoms with E-state index in [0.717, 1.165) is 12.1 Å². The summed E-state index contributed by atoms with van der Waals surface area (Å²) in [7, 11) is -1.95. The van der Waals surface area contributed by atoms with Gasteiger partial charge in [0.05, 0.1) is 22.4 Å². The molecule has 16 heteroatoms. The first kappa shape index (κ1) is 33.9. The van der Waals surface area contributed by atoms with Crippen LogP contribution in [0.3, 0.4) is 0 Å². The molecule has 2 aliphatic heterocycles. The van der Waals surface area contributed by atoms with Crippen LogP contribution in [0, 0.1) is 11.6 Å². The number of alkyl halides is 6. The Labute approximate surface area is 238 Å². The van der Waals surface area contributed by atoms with E-state index in [1.807, 2.05) is 0 Å². The Morgan fingerprint density at radius 1 is 0.524 bits per heavy atom. The third-order valence-corrected chi connectivity index (χ3v) is 7.43. The molecule has 42 heavy (non-hydrogen) atoms. The van der Waals surface area contributed by atoms with Gasteiger partial charge in [-0.3, -0.25) is 0 Å². The standard InChI is InChI=1S/2C13H15BF4O3/c2*1-11(2)12(3,4)21-14(20-11)9-6-5-8(7-10(9)15)19-13(16,17)18/h2*5-7H,1-4H3. The summed E-state index contributed by atoms with van der Waals surface area (Å²) >= 11 is 0. The van der Waals surface area contributed by atoms with Crippen LogP contribution in [0.15, 0.2) is 36.4 Å². The van der Waals surface area contributed by atoms with Gasteiger partial charge in [0, 0.05) is 23.1 Å². The molecule has 6 nitrogen and oxygen atoms in total. The first-order valence-electron chi connectivity index (χ1n) is 12.6. The maximum absolute atomic E-state index is 14.0. The van der Waals surface area contributed by atoms with E-state index in [9.17, 15) is 35.1 Å².